The van der Waals surface area contributed by atoms with Crippen LogP contribution in [0.25, 0.3) is 0 Å². The molecule has 0 spiro atoms. The number of carbonyl (C=O) groups excluding carboxylic acids is 1. The van der Waals surface area contributed by atoms with Crippen molar-refractivity contribution in [2.75, 3.05) is 0 Å². The van der Waals surface area contributed by atoms with Crippen LogP contribution in [0.1, 0.15) is 35.9 Å². The SMILES string of the molecule is CC(C)c1cc(C=O)nn1CC(F)(F)F. The van der Waals surface area contributed by atoms with Crippen LogP contribution in [0.5, 0.6) is 0 Å². The summed E-state index contributed by atoms with van der Waals surface area (Å²) in [5.74, 6) is -0.103. The van der Waals surface area contributed by atoms with E-state index in [9.17, 15) is 18.0 Å². The van der Waals surface area contributed by atoms with E-state index < -0.39 is 12.7 Å². The molecule has 0 N–H and O–H groups in total. The van der Waals surface area contributed by atoms with Crippen LogP contribution in [0, 0.1) is 0 Å². The van der Waals surface area contributed by atoms with E-state index in [1.807, 2.05) is 0 Å². The third kappa shape index (κ3) is 3.07. The Morgan fingerprint density at radius 1 is 1.53 bits per heavy atom. The molecule has 0 fully saturated rings. The minimum absolute atomic E-state index is 0.0305. The molecule has 0 aliphatic rings. The van der Waals surface area contributed by atoms with Gasteiger partial charge in [-0.2, -0.15) is 18.3 Å². The van der Waals surface area contributed by atoms with Crippen molar-refractivity contribution >= 4 is 6.29 Å². The van der Waals surface area contributed by atoms with Gasteiger partial charge in [0.05, 0.1) is 0 Å². The maximum absolute atomic E-state index is 12.1. The van der Waals surface area contributed by atoms with E-state index in [-0.39, 0.29) is 11.6 Å². The number of halogens is 3. The standard InChI is InChI=1S/C9H11F3N2O/c1-6(2)8-3-7(4-15)13-14(8)5-9(10,11)12/h3-4,6H,5H2,1-2H3. The number of hydrogen-bond acceptors (Lipinski definition) is 2. The summed E-state index contributed by atoms with van der Waals surface area (Å²) in [5, 5.41) is 3.56. The Bertz CT molecular complexity index is 355. The lowest BCUT2D eigenvalue weighted by Crippen LogP contribution is -2.20. The van der Waals surface area contributed by atoms with Gasteiger partial charge in [-0.3, -0.25) is 9.48 Å². The summed E-state index contributed by atoms with van der Waals surface area (Å²) >= 11 is 0. The normalized spacial score (nSPS) is 12.1. The number of carbonyl (C=O) groups is 1. The third-order valence-electron chi connectivity index (χ3n) is 1.87. The zero-order valence-electron chi connectivity index (χ0n) is 8.38. The van der Waals surface area contributed by atoms with E-state index in [4.69, 9.17) is 0 Å². The van der Waals surface area contributed by atoms with Crippen LogP contribution >= 0.6 is 0 Å². The van der Waals surface area contributed by atoms with Gasteiger partial charge in [0.2, 0.25) is 0 Å². The van der Waals surface area contributed by atoms with Crippen molar-refractivity contribution in [3.8, 4) is 0 Å². The van der Waals surface area contributed by atoms with Crippen molar-refractivity contribution in [1.82, 2.24) is 9.78 Å². The van der Waals surface area contributed by atoms with Gasteiger partial charge in [-0.1, -0.05) is 13.8 Å². The monoisotopic (exact) mass is 220 g/mol. The fourth-order valence-electron chi connectivity index (χ4n) is 1.27. The van der Waals surface area contributed by atoms with Crippen LogP contribution < -0.4 is 0 Å². The summed E-state index contributed by atoms with van der Waals surface area (Å²) < 4.78 is 37.3. The first-order chi connectivity index (χ1) is 6.83. The number of aldehydes is 1. The second-order valence-corrected chi connectivity index (χ2v) is 3.54. The summed E-state index contributed by atoms with van der Waals surface area (Å²) in [5.41, 5.74) is 0.442. The Kier molecular flexibility index (Phi) is 3.16. The maximum Gasteiger partial charge on any atom is 0.408 e. The molecule has 3 nitrogen and oxygen atoms in total. The van der Waals surface area contributed by atoms with Crippen molar-refractivity contribution in [1.29, 1.82) is 0 Å². The van der Waals surface area contributed by atoms with E-state index in [2.05, 4.69) is 5.10 Å². The van der Waals surface area contributed by atoms with Gasteiger partial charge in [-0.25, -0.2) is 0 Å². The first-order valence-electron chi connectivity index (χ1n) is 4.43. The molecule has 0 amide bonds. The van der Waals surface area contributed by atoms with Gasteiger partial charge in [-0.05, 0) is 12.0 Å². The Balaban J connectivity index is 3.04. The van der Waals surface area contributed by atoms with Crippen molar-refractivity contribution in [3.63, 3.8) is 0 Å². The first kappa shape index (κ1) is 11.7. The molecule has 6 heteroatoms. The average Bonchev–Trinajstić information content (AvgIpc) is 2.44. The quantitative estimate of drug-likeness (QED) is 0.733. The zero-order chi connectivity index (χ0) is 11.6. The summed E-state index contributed by atoms with van der Waals surface area (Å²) in [6.45, 7) is 2.34. The average molecular weight is 220 g/mol. The summed E-state index contributed by atoms with van der Waals surface area (Å²) in [6, 6.07) is 1.38. The highest BCUT2D eigenvalue weighted by molar-refractivity contribution is 5.71. The highest BCUT2D eigenvalue weighted by Gasteiger charge is 2.30. The van der Waals surface area contributed by atoms with Crippen LogP contribution in [0.4, 0.5) is 13.2 Å². The lowest BCUT2D eigenvalue weighted by molar-refractivity contribution is -0.143. The first-order valence-corrected chi connectivity index (χ1v) is 4.43. The second kappa shape index (κ2) is 4.04. The third-order valence-corrected chi connectivity index (χ3v) is 1.87. The van der Waals surface area contributed by atoms with Crippen LogP contribution in [-0.4, -0.2) is 22.2 Å². The van der Waals surface area contributed by atoms with Gasteiger partial charge in [0.15, 0.2) is 6.29 Å². The van der Waals surface area contributed by atoms with Gasteiger partial charge in [0, 0.05) is 5.69 Å². The Labute approximate surface area is 84.9 Å². The predicted octanol–water partition coefficient (Wildman–Crippen LogP) is 2.38. The van der Waals surface area contributed by atoms with Gasteiger partial charge in [0.1, 0.15) is 12.2 Å². The zero-order valence-corrected chi connectivity index (χ0v) is 8.38. The van der Waals surface area contributed by atoms with Gasteiger partial charge in [-0.15, -0.1) is 0 Å². The van der Waals surface area contributed by atoms with Crippen LogP contribution in [-0.2, 0) is 6.54 Å². The molecule has 0 saturated carbocycles. The molecular formula is C9H11F3N2O. The molecule has 0 radical (unpaired) electrons. The Hall–Kier alpha value is -1.33. The maximum atomic E-state index is 12.1. The van der Waals surface area contributed by atoms with E-state index in [0.717, 1.165) is 4.68 Å². The fraction of sp³-hybridized carbons (Fsp3) is 0.556. The Morgan fingerprint density at radius 3 is 2.53 bits per heavy atom. The molecule has 1 aromatic rings. The van der Waals surface area contributed by atoms with Gasteiger partial charge >= 0.3 is 6.18 Å². The smallest absolute Gasteiger partial charge is 0.296 e. The molecule has 0 unspecified atom stereocenters. The largest absolute Gasteiger partial charge is 0.408 e. The fourth-order valence-corrected chi connectivity index (χ4v) is 1.27. The molecule has 0 aromatic carbocycles. The number of rotatable bonds is 3. The van der Waals surface area contributed by atoms with Gasteiger partial charge in [0.25, 0.3) is 0 Å². The van der Waals surface area contributed by atoms with Crippen molar-refractivity contribution in [2.24, 2.45) is 0 Å². The Morgan fingerprint density at radius 2 is 2.13 bits per heavy atom. The molecule has 1 heterocycles. The van der Waals surface area contributed by atoms with Crippen LogP contribution in [0.2, 0.25) is 0 Å². The summed E-state index contributed by atoms with van der Waals surface area (Å²) in [4.78, 5) is 10.4. The molecule has 0 atom stereocenters. The molecule has 0 bridgehead atoms. The number of hydrogen-bond donors (Lipinski definition) is 0. The number of aromatic nitrogens is 2. The molecule has 1 aromatic heterocycles. The van der Waals surface area contributed by atoms with Crippen molar-refractivity contribution < 1.29 is 18.0 Å². The topological polar surface area (TPSA) is 34.9 Å². The summed E-state index contributed by atoms with van der Waals surface area (Å²) in [6.07, 6.45) is -3.88. The number of alkyl halides is 3. The molecule has 15 heavy (non-hydrogen) atoms. The van der Waals surface area contributed by atoms with E-state index >= 15 is 0 Å². The van der Waals surface area contributed by atoms with E-state index in [1.165, 1.54) is 6.07 Å². The van der Waals surface area contributed by atoms with E-state index in [1.54, 1.807) is 13.8 Å². The van der Waals surface area contributed by atoms with Crippen molar-refractivity contribution in [3.05, 3.63) is 17.5 Å². The lowest BCUT2D eigenvalue weighted by Gasteiger charge is -2.11. The highest BCUT2D eigenvalue weighted by Crippen LogP contribution is 2.22. The molecule has 84 valence electrons. The van der Waals surface area contributed by atoms with Gasteiger partial charge < -0.3 is 0 Å². The lowest BCUT2D eigenvalue weighted by atomic mass is 10.1. The molecule has 0 saturated heterocycles. The summed E-state index contributed by atoms with van der Waals surface area (Å²) in [7, 11) is 0. The van der Waals surface area contributed by atoms with Crippen LogP contribution in [0.3, 0.4) is 0 Å². The minimum atomic E-state index is -4.32. The minimum Gasteiger partial charge on any atom is -0.296 e. The van der Waals surface area contributed by atoms with E-state index in [0.29, 0.717) is 12.0 Å². The van der Waals surface area contributed by atoms with Crippen LogP contribution in [0.15, 0.2) is 6.07 Å². The van der Waals surface area contributed by atoms with Crippen molar-refractivity contribution in [2.45, 2.75) is 32.5 Å². The molecule has 0 aliphatic heterocycles. The number of nitrogens with zero attached hydrogens (tertiary/aromatic N) is 2. The molecular weight excluding hydrogens is 209 g/mol. The highest BCUT2D eigenvalue weighted by atomic mass is 19.4. The molecule has 1 rings (SSSR count). The predicted molar refractivity (Wildman–Crippen MR) is 47.8 cm³/mol. The second-order valence-electron chi connectivity index (χ2n) is 3.54. The molecule has 0 aliphatic carbocycles.